The number of halogens is 2. The van der Waals surface area contributed by atoms with Gasteiger partial charge < -0.3 is 60.6 Å². The van der Waals surface area contributed by atoms with Crippen LogP contribution in [0.25, 0.3) is 10.9 Å². The molecule has 1 saturated heterocycles. The molecule has 22 nitrogen and oxygen atoms in total. The van der Waals surface area contributed by atoms with Crippen molar-refractivity contribution < 1.29 is 61.9 Å². The summed E-state index contributed by atoms with van der Waals surface area (Å²) in [5.41, 5.74) is 2.68. The molecule has 416 valence electrons. The van der Waals surface area contributed by atoms with Gasteiger partial charge in [-0.2, -0.15) is 5.26 Å². The van der Waals surface area contributed by atoms with Gasteiger partial charge in [0.2, 0.25) is 17.7 Å². The Kier molecular flexibility index (Phi) is 17.4. The van der Waals surface area contributed by atoms with Crippen LogP contribution in [-0.2, 0) is 47.2 Å². The Balaban J connectivity index is 0.599. The van der Waals surface area contributed by atoms with Gasteiger partial charge in [-0.25, -0.2) is 13.6 Å². The maximum Gasteiger partial charge on any atom is 0.340 e. The van der Waals surface area contributed by atoms with Crippen molar-refractivity contribution in [2.75, 3.05) is 63.2 Å². The van der Waals surface area contributed by atoms with Crippen molar-refractivity contribution in [3.63, 3.8) is 0 Å². The minimum Gasteiger partial charge on any atom is -0.508 e. The maximum absolute atomic E-state index is 13.8. The topological polar surface area (TPSA) is 294 Å². The maximum atomic E-state index is 13.8. The number of hydrogen-bond donors (Lipinski definition) is 7. The number of rotatable bonds is 23. The number of thiocarbonyl (C=S) groups is 1. The summed E-state index contributed by atoms with van der Waals surface area (Å²) in [4.78, 5) is 69.6. The lowest BCUT2D eigenvalue weighted by atomic mass is 9.77. The quantitative estimate of drug-likeness (QED) is 0.0235. The number of likely N-dealkylation sites (tertiary alicyclic amines) is 1. The van der Waals surface area contributed by atoms with Crippen LogP contribution in [0.3, 0.4) is 0 Å². The van der Waals surface area contributed by atoms with Crippen LogP contribution in [0.4, 0.5) is 20.2 Å². The summed E-state index contributed by atoms with van der Waals surface area (Å²) in [7, 11) is 0. The number of aromatic hydroxyl groups is 2. The lowest BCUT2D eigenvalue weighted by Crippen LogP contribution is -2.43. The first-order valence-corrected chi connectivity index (χ1v) is 26.1. The van der Waals surface area contributed by atoms with Crippen LogP contribution in [-0.4, -0.2) is 134 Å². The Labute approximate surface area is 461 Å². The minimum atomic E-state index is -3.18. The second-order valence-corrected chi connectivity index (χ2v) is 19.5. The molecule has 4 aromatic carbocycles. The Morgan fingerprint density at radius 2 is 1.55 bits per heavy atom. The Morgan fingerprint density at radius 1 is 0.838 bits per heavy atom. The molecule has 5 heterocycles. The fourth-order valence-corrected chi connectivity index (χ4v) is 9.87. The van der Waals surface area contributed by atoms with Crippen molar-refractivity contribution in [1.82, 2.24) is 40.8 Å². The summed E-state index contributed by atoms with van der Waals surface area (Å²) in [6.07, 6.45) is 5.21. The van der Waals surface area contributed by atoms with E-state index in [-0.39, 0.29) is 46.8 Å². The van der Waals surface area contributed by atoms with Gasteiger partial charge in [0.05, 0.1) is 73.6 Å². The van der Waals surface area contributed by atoms with Crippen LogP contribution in [0.1, 0.15) is 81.6 Å². The van der Waals surface area contributed by atoms with E-state index in [4.69, 9.17) is 31.2 Å². The van der Waals surface area contributed by atoms with Gasteiger partial charge in [0, 0.05) is 91.2 Å². The molecule has 1 spiro atoms. The predicted molar refractivity (Wildman–Crippen MR) is 287 cm³/mol. The van der Waals surface area contributed by atoms with E-state index in [0.717, 1.165) is 4.90 Å². The number of aromatic nitrogens is 4. The smallest absolute Gasteiger partial charge is 0.340 e. The molecule has 3 aliphatic rings. The number of carbonyl (C=O) groups excluding carboxylic acids is 5. The zero-order chi connectivity index (χ0) is 56.4. The normalized spacial score (nSPS) is 15.2. The molecule has 0 saturated carbocycles. The van der Waals surface area contributed by atoms with Gasteiger partial charge >= 0.3 is 5.97 Å². The summed E-state index contributed by atoms with van der Waals surface area (Å²) in [6, 6.07) is 21.1. The number of carbonyl (C=O) groups is 5. The molecule has 0 aliphatic carbocycles. The Morgan fingerprint density at radius 3 is 2.29 bits per heavy atom. The average Bonchev–Trinajstić information content (AvgIpc) is 4.14. The van der Waals surface area contributed by atoms with Gasteiger partial charge in [-0.1, -0.05) is 23.4 Å². The average molecular weight is 1120 g/mol. The number of benzene rings is 4. The number of pyridine rings is 1. The first-order valence-electron chi connectivity index (χ1n) is 25.7. The second-order valence-electron chi connectivity index (χ2n) is 19.1. The largest absolute Gasteiger partial charge is 0.508 e. The van der Waals surface area contributed by atoms with Crippen LogP contribution in [0.15, 0.2) is 91.3 Å². The zero-order valence-corrected chi connectivity index (χ0v) is 43.8. The predicted octanol–water partition coefficient (Wildman–Crippen LogP) is 5.56. The molecule has 0 unspecified atom stereocenters. The zero-order valence-electron chi connectivity index (χ0n) is 43.0. The van der Waals surface area contributed by atoms with Crippen LogP contribution in [0, 0.1) is 11.3 Å². The lowest BCUT2D eigenvalue weighted by molar-refractivity contribution is -0.131. The SMILES string of the molecule is N#C[C@@H]1CC(F)(F)CN1C(=O)CNC(=O)c1ccnc2c(NC(=O)CCCc3cn(CCCCC(=O)NCCOCCOCCNC(=S)Nc4ccc5c(c4)C(=O)OC54c5ccc(O)cc5Oc5cc(O)ccc54)nn3)cccc12. The van der Waals surface area contributed by atoms with Gasteiger partial charge in [0.25, 0.3) is 11.8 Å². The van der Waals surface area contributed by atoms with E-state index in [1.165, 1.54) is 36.5 Å². The van der Waals surface area contributed by atoms with Crippen LogP contribution >= 0.6 is 12.2 Å². The van der Waals surface area contributed by atoms with Gasteiger partial charge in [0.15, 0.2) is 10.7 Å². The van der Waals surface area contributed by atoms with E-state index >= 15 is 0 Å². The number of fused-ring (bicyclic) bond motifs is 7. The van der Waals surface area contributed by atoms with Crippen molar-refractivity contribution in [2.24, 2.45) is 0 Å². The van der Waals surface area contributed by atoms with Crippen molar-refractivity contribution >= 4 is 69.2 Å². The first kappa shape index (κ1) is 55.9. The molecular weight excluding hydrogens is 1060 g/mol. The third kappa shape index (κ3) is 13.0. The highest BCUT2D eigenvalue weighted by Crippen LogP contribution is 2.57. The molecule has 2 aromatic heterocycles. The molecule has 0 radical (unpaired) electrons. The number of nitriles is 1. The highest BCUT2D eigenvalue weighted by Gasteiger charge is 2.54. The van der Waals surface area contributed by atoms with Gasteiger partial charge in [-0.15, -0.1) is 5.10 Å². The molecule has 6 aromatic rings. The first-order chi connectivity index (χ1) is 38.6. The standard InChI is InChI=1S/C55H55F2N11O11S/c56-54(57)28-35(29-58)68(32-54)49(73)30-62-51(74)39-16-17-60-50-38(39)6-4-7-44(50)64-48(72)9-3-5-34-31-67(66-65-34)20-2-1-8-47(71)59-18-21-76-23-24-77-22-19-61-53(80)63-33-10-13-41-40(25-33)52(75)79-55(41)42-14-11-36(69)26-45(42)78-46-27-37(70)12-15-43(46)55/h4,6-7,10-17,25-27,31,35,69-70H,1-3,5,8-9,18-24,28,30,32H2,(H,59,71)(H,62,74)(H,64,72)(H2,61,63,80)/t35-/m0/s1. The monoisotopic (exact) mass is 1120 g/mol. The highest BCUT2D eigenvalue weighted by atomic mass is 32.1. The highest BCUT2D eigenvalue weighted by molar-refractivity contribution is 7.80. The number of unbranched alkanes of at least 4 members (excludes halogenated alkanes) is 1. The minimum absolute atomic E-state index is 0.0333. The van der Waals surface area contributed by atoms with E-state index < -0.39 is 54.9 Å². The van der Waals surface area contributed by atoms with Crippen molar-refractivity contribution in [3.05, 3.63) is 125 Å². The molecule has 4 amide bonds. The van der Waals surface area contributed by atoms with Crippen molar-refractivity contribution in [2.45, 2.75) is 69.1 Å². The van der Waals surface area contributed by atoms with Gasteiger partial charge in [-0.05, 0) is 86.4 Å². The summed E-state index contributed by atoms with van der Waals surface area (Å²) in [6.45, 7) is 1.13. The van der Waals surface area contributed by atoms with E-state index in [1.807, 2.05) is 6.20 Å². The van der Waals surface area contributed by atoms with E-state index in [9.17, 15) is 48.2 Å². The lowest BCUT2D eigenvalue weighted by Gasteiger charge is -2.36. The number of para-hydroxylation sites is 1. The van der Waals surface area contributed by atoms with E-state index in [2.05, 4.69) is 41.9 Å². The van der Waals surface area contributed by atoms with Crippen LogP contribution < -0.4 is 31.3 Å². The number of phenolic OH excluding ortho intramolecular Hbond substituents is 2. The number of phenols is 2. The summed E-state index contributed by atoms with van der Waals surface area (Å²) in [5, 5.41) is 52.9. The molecule has 1 atom stereocenters. The summed E-state index contributed by atoms with van der Waals surface area (Å²) in [5.74, 6) is -5.08. The molecule has 9 rings (SSSR count). The number of amides is 4. The summed E-state index contributed by atoms with van der Waals surface area (Å²) < 4.78 is 52.7. The van der Waals surface area contributed by atoms with Crippen LogP contribution in [0.2, 0.25) is 0 Å². The van der Waals surface area contributed by atoms with Gasteiger partial charge in [-0.3, -0.25) is 28.8 Å². The molecule has 80 heavy (non-hydrogen) atoms. The van der Waals surface area contributed by atoms with Crippen LogP contribution in [0.5, 0.6) is 23.0 Å². The number of ether oxygens (including phenoxy) is 4. The number of aryl methyl sites for hydroxylation is 2. The van der Waals surface area contributed by atoms with Crippen molar-refractivity contribution in [1.29, 1.82) is 5.26 Å². The Bertz CT molecular complexity index is 3340. The fourth-order valence-electron chi connectivity index (χ4n) is 9.65. The van der Waals surface area contributed by atoms with Gasteiger partial charge in [0.1, 0.15) is 29.0 Å². The number of alkyl halides is 2. The number of anilines is 2. The van der Waals surface area contributed by atoms with E-state index in [0.29, 0.717) is 134 Å². The van der Waals surface area contributed by atoms with Crippen molar-refractivity contribution in [3.8, 4) is 29.1 Å². The Hall–Kier alpha value is -8.86. The molecule has 1 fully saturated rings. The fraction of sp³-hybridized carbons (Fsp3) is 0.345. The number of hydrogen-bond acceptors (Lipinski definition) is 16. The molecule has 25 heteroatoms. The number of nitrogens with one attached hydrogen (secondary N) is 5. The molecular formula is C55H55F2N11O11S. The number of nitrogens with zero attached hydrogens (tertiary/aromatic N) is 6. The number of esters is 1. The van der Waals surface area contributed by atoms with E-state index in [1.54, 1.807) is 59.3 Å². The molecule has 7 N–H and O–H groups in total. The third-order valence-electron chi connectivity index (χ3n) is 13.4. The third-order valence-corrected chi connectivity index (χ3v) is 13.6. The molecule has 3 aliphatic heterocycles. The second kappa shape index (κ2) is 24.9. The summed E-state index contributed by atoms with van der Waals surface area (Å²) >= 11 is 5.48. The molecule has 0 bridgehead atoms.